The summed E-state index contributed by atoms with van der Waals surface area (Å²) in [5.74, 6) is 1.81. The Labute approximate surface area is 142 Å². The summed E-state index contributed by atoms with van der Waals surface area (Å²) >= 11 is 0. The van der Waals surface area contributed by atoms with Gasteiger partial charge in [0.2, 0.25) is 0 Å². The van der Waals surface area contributed by atoms with Gasteiger partial charge in [-0.1, -0.05) is 48.5 Å². The van der Waals surface area contributed by atoms with E-state index >= 15 is 0 Å². The number of para-hydroxylation sites is 1. The van der Waals surface area contributed by atoms with Crippen LogP contribution < -0.4 is 10.6 Å². The summed E-state index contributed by atoms with van der Waals surface area (Å²) in [7, 11) is 1.79. The van der Waals surface area contributed by atoms with Crippen LogP contribution in [0.4, 0.5) is 0 Å². The number of hydrogen-bond acceptors (Lipinski definition) is 2. The molecule has 0 aliphatic heterocycles. The molecule has 2 aromatic carbocycles. The van der Waals surface area contributed by atoms with Gasteiger partial charge >= 0.3 is 0 Å². The SMILES string of the molecule is CN=C(NCCc1ccccc1)NCCc1cc2ccccc2o1. The van der Waals surface area contributed by atoms with E-state index in [-0.39, 0.29) is 0 Å². The molecule has 24 heavy (non-hydrogen) atoms. The maximum Gasteiger partial charge on any atom is 0.191 e. The standard InChI is InChI=1S/C20H23N3O/c1-21-20(22-13-11-16-7-3-2-4-8-16)23-14-12-18-15-17-9-5-6-10-19(17)24-18/h2-10,15H,11-14H2,1H3,(H2,21,22,23). The Morgan fingerprint density at radius 2 is 1.62 bits per heavy atom. The van der Waals surface area contributed by atoms with Gasteiger partial charge in [0.25, 0.3) is 0 Å². The minimum atomic E-state index is 0.783. The molecule has 2 N–H and O–H groups in total. The molecule has 0 fully saturated rings. The third-order valence-electron chi connectivity index (χ3n) is 3.91. The van der Waals surface area contributed by atoms with Crippen LogP contribution in [0.25, 0.3) is 11.0 Å². The molecule has 3 rings (SSSR count). The Bertz CT molecular complexity index is 760. The van der Waals surface area contributed by atoms with Gasteiger partial charge < -0.3 is 15.1 Å². The highest BCUT2D eigenvalue weighted by atomic mass is 16.3. The molecule has 1 aromatic heterocycles. The number of fused-ring (bicyclic) bond motifs is 1. The number of aliphatic imine (C=N–C) groups is 1. The normalized spacial score (nSPS) is 11.6. The first-order valence-electron chi connectivity index (χ1n) is 8.31. The Kier molecular flexibility index (Phi) is 5.51. The third kappa shape index (κ3) is 4.38. The van der Waals surface area contributed by atoms with E-state index in [2.05, 4.69) is 52.0 Å². The second kappa shape index (κ2) is 8.20. The highest BCUT2D eigenvalue weighted by molar-refractivity contribution is 5.80. The number of nitrogens with zero attached hydrogens (tertiary/aromatic N) is 1. The third-order valence-corrected chi connectivity index (χ3v) is 3.91. The summed E-state index contributed by atoms with van der Waals surface area (Å²) in [6.45, 7) is 1.64. The molecule has 124 valence electrons. The predicted molar refractivity (Wildman–Crippen MR) is 99.4 cm³/mol. The van der Waals surface area contributed by atoms with Gasteiger partial charge in [0.05, 0.1) is 0 Å². The topological polar surface area (TPSA) is 49.6 Å². The van der Waals surface area contributed by atoms with Crippen LogP contribution in [0.2, 0.25) is 0 Å². The van der Waals surface area contributed by atoms with Crippen molar-refractivity contribution in [1.29, 1.82) is 0 Å². The average Bonchev–Trinajstić information content (AvgIpc) is 3.04. The summed E-state index contributed by atoms with van der Waals surface area (Å²) < 4.78 is 5.82. The van der Waals surface area contributed by atoms with E-state index in [1.54, 1.807) is 7.05 Å². The monoisotopic (exact) mass is 321 g/mol. The van der Waals surface area contributed by atoms with Gasteiger partial charge in [0.1, 0.15) is 11.3 Å². The van der Waals surface area contributed by atoms with Crippen LogP contribution in [0.15, 0.2) is 70.1 Å². The number of rotatable bonds is 6. The lowest BCUT2D eigenvalue weighted by molar-refractivity contribution is 0.544. The fraction of sp³-hybridized carbons (Fsp3) is 0.250. The van der Waals surface area contributed by atoms with Crippen molar-refractivity contribution in [2.24, 2.45) is 4.99 Å². The van der Waals surface area contributed by atoms with E-state index in [1.807, 2.05) is 24.3 Å². The fourth-order valence-electron chi connectivity index (χ4n) is 2.65. The van der Waals surface area contributed by atoms with Crippen LogP contribution in [0.1, 0.15) is 11.3 Å². The van der Waals surface area contributed by atoms with Crippen molar-refractivity contribution in [1.82, 2.24) is 10.6 Å². The van der Waals surface area contributed by atoms with Gasteiger partial charge in [-0.3, -0.25) is 4.99 Å². The second-order valence-corrected chi connectivity index (χ2v) is 5.66. The zero-order valence-corrected chi connectivity index (χ0v) is 14.0. The van der Waals surface area contributed by atoms with Gasteiger partial charge in [-0.25, -0.2) is 0 Å². The van der Waals surface area contributed by atoms with Crippen LogP contribution in [-0.4, -0.2) is 26.1 Å². The lowest BCUT2D eigenvalue weighted by Crippen LogP contribution is -2.39. The Balaban J connectivity index is 1.42. The minimum Gasteiger partial charge on any atom is -0.461 e. The molecule has 0 aliphatic carbocycles. The largest absolute Gasteiger partial charge is 0.461 e. The summed E-state index contributed by atoms with van der Waals surface area (Å²) in [6, 6.07) is 20.6. The first-order chi connectivity index (χ1) is 11.8. The molecule has 0 saturated heterocycles. The number of hydrogen-bond donors (Lipinski definition) is 2. The summed E-state index contributed by atoms with van der Waals surface area (Å²) in [5.41, 5.74) is 2.26. The van der Waals surface area contributed by atoms with Crippen molar-refractivity contribution in [3.05, 3.63) is 72.0 Å². The highest BCUT2D eigenvalue weighted by Gasteiger charge is 2.03. The molecule has 4 nitrogen and oxygen atoms in total. The number of benzene rings is 2. The van der Waals surface area contributed by atoms with Crippen LogP contribution in [0, 0.1) is 0 Å². The van der Waals surface area contributed by atoms with E-state index in [1.165, 1.54) is 5.56 Å². The Morgan fingerprint density at radius 3 is 2.38 bits per heavy atom. The summed E-state index contributed by atoms with van der Waals surface area (Å²) in [5, 5.41) is 7.82. The molecule has 1 heterocycles. The molecule has 0 amide bonds. The maximum absolute atomic E-state index is 5.82. The smallest absolute Gasteiger partial charge is 0.191 e. The van der Waals surface area contributed by atoms with Gasteiger partial charge in [-0.15, -0.1) is 0 Å². The van der Waals surface area contributed by atoms with Crippen LogP contribution in [0.3, 0.4) is 0 Å². The molecular formula is C20H23N3O. The fourth-order valence-corrected chi connectivity index (χ4v) is 2.65. The van der Waals surface area contributed by atoms with Crippen molar-refractivity contribution in [3.63, 3.8) is 0 Å². The van der Waals surface area contributed by atoms with Gasteiger partial charge in [0.15, 0.2) is 5.96 Å². The predicted octanol–water partition coefficient (Wildman–Crippen LogP) is 3.38. The first kappa shape index (κ1) is 16.1. The molecule has 0 radical (unpaired) electrons. The lowest BCUT2D eigenvalue weighted by atomic mass is 10.1. The Hall–Kier alpha value is -2.75. The van der Waals surface area contributed by atoms with Crippen LogP contribution >= 0.6 is 0 Å². The van der Waals surface area contributed by atoms with Gasteiger partial charge in [-0.2, -0.15) is 0 Å². The first-order valence-corrected chi connectivity index (χ1v) is 8.31. The van der Waals surface area contributed by atoms with E-state index < -0.39 is 0 Å². The van der Waals surface area contributed by atoms with Gasteiger partial charge in [0, 0.05) is 31.9 Å². The molecule has 3 aromatic rings. The molecule has 4 heteroatoms. The van der Waals surface area contributed by atoms with Crippen LogP contribution in [-0.2, 0) is 12.8 Å². The molecule has 0 saturated carbocycles. The quantitative estimate of drug-likeness (QED) is 0.540. The lowest BCUT2D eigenvalue weighted by Gasteiger charge is -2.11. The van der Waals surface area contributed by atoms with Gasteiger partial charge in [-0.05, 0) is 24.1 Å². The molecule has 0 aliphatic rings. The van der Waals surface area contributed by atoms with Crippen molar-refractivity contribution in [2.45, 2.75) is 12.8 Å². The number of furan rings is 1. The molecule has 0 bridgehead atoms. The van der Waals surface area contributed by atoms with Crippen molar-refractivity contribution >= 4 is 16.9 Å². The number of guanidine groups is 1. The summed E-state index contributed by atoms with van der Waals surface area (Å²) in [4.78, 5) is 4.26. The van der Waals surface area contributed by atoms with Crippen molar-refractivity contribution in [3.8, 4) is 0 Å². The maximum atomic E-state index is 5.82. The van der Waals surface area contributed by atoms with E-state index in [4.69, 9.17) is 4.42 Å². The molecular weight excluding hydrogens is 298 g/mol. The molecule has 0 unspecified atom stereocenters. The van der Waals surface area contributed by atoms with Crippen LogP contribution in [0.5, 0.6) is 0 Å². The zero-order valence-electron chi connectivity index (χ0n) is 14.0. The van der Waals surface area contributed by atoms with E-state index in [0.717, 1.165) is 48.6 Å². The second-order valence-electron chi connectivity index (χ2n) is 5.66. The van der Waals surface area contributed by atoms with Crippen molar-refractivity contribution in [2.75, 3.05) is 20.1 Å². The average molecular weight is 321 g/mol. The Morgan fingerprint density at radius 1 is 0.917 bits per heavy atom. The zero-order chi connectivity index (χ0) is 16.6. The molecule has 0 atom stereocenters. The molecule has 0 spiro atoms. The highest BCUT2D eigenvalue weighted by Crippen LogP contribution is 2.18. The van der Waals surface area contributed by atoms with E-state index in [9.17, 15) is 0 Å². The summed E-state index contributed by atoms with van der Waals surface area (Å²) in [6.07, 6.45) is 1.80. The van der Waals surface area contributed by atoms with Crippen molar-refractivity contribution < 1.29 is 4.42 Å². The van der Waals surface area contributed by atoms with E-state index in [0.29, 0.717) is 0 Å². The minimum absolute atomic E-state index is 0.783. The number of nitrogens with one attached hydrogen (secondary N) is 2.